The van der Waals surface area contributed by atoms with Gasteiger partial charge in [0.2, 0.25) is 5.91 Å². The number of carbonyl (C=O) groups is 1. The number of benzene rings is 3. The molecule has 1 amide bonds. The SMILES string of the molecule is C[C@H]1C[C@@H](C)O[C@@H](c2ccc(-c3ccc([C@@H]4CC(=O)N4c4ccccc4)c(O)c3)cc2)C1. The molecule has 0 radical (unpaired) electrons. The Kier molecular flexibility index (Phi) is 5.48. The lowest BCUT2D eigenvalue weighted by Gasteiger charge is -2.41. The van der Waals surface area contributed by atoms with E-state index in [2.05, 4.69) is 38.1 Å². The van der Waals surface area contributed by atoms with E-state index >= 15 is 0 Å². The first-order chi connectivity index (χ1) is 15.5. The number of rotatable bonds is 4. The third-order valence-corrected chi connectivity index (χ3v) is 6.74. The first-order valence-corrected chi connectivity index (χ1v) is 11.5. The number of para-hydroxylation sites is 1. The van der Waals surface area contributed by atoms with Crippen molar-refractivity contribution in [3.63, 3.8) is 0 Å². The molecule has 0 aromatic heterocycles. The normalized spacial score (nSPS) is 25.4. The number of carbonyl (C=O) groups excluding carboxylic acids is 1. The van der Waals surface area contributed by atoms with Crippen LogP contribution in [0.4, 0.5) is 5.69 Å². The summed E-state index contributed by atoms with van der Waals surface area (Å²) in [5, 5.41) is 10.8. The summed E-state index contributed by atoms with van der Waals surface area (Å²) in [4.78, 5) is 14.0. The number of aromatic hydroxyl groups is 1. The fraction of sp³-hybridized carbons (Fsp3) is 0.321. The molecule has 3 aromatic rings. The van der Waals surface area contributed by atoms with Gasteiger partial charge in [-0.2, -0.15) is 0 Å². The molecule has 2 fully saturated rings. The molecule has 2 saturated heterocycles. The van der Waals surface area contributed by atoms with E-state index in [-0.39, 0.29) is 23.8 Å². The van der Waals surface area contributed by atoms with E-state index in [1.807, 2.05) is 42.5 Å². The Morgan fingerprint density at radius 1 is 0.906 bits per heavy atom. The van der Waals surface area contributed by atoms with Crippen LogP contribution in [0, 0.1) is 5.92 Å². The molecule has 3 aromatic carbocycles. The standard InChI is InChI=1S/C28H29NO3/c1-18-14-19(2)32-27(15-18)21-10-8-20(9-11-21)22-12-13-24(26(30)16-22)25-17-28(31)29(25)23-6-4-3-5-7-23/h3-13,16,18-19,25,27,30H,14-15,17H2,1-2H3/t18-,19+,25-,27+/m0/s1. The van der Waals surface area contributed by atoms with Crippen molar-refractivity contribution < 1.29 is 14.6 Å². The van der Waals surface area contributed by atoms with Gasteiger partial charge in [-0.25, -0.2) is 0 Å². The van der Waals surface area contributed by atoms with Crippen molar-refractivity contribution in [3.8, 4) is 16.9 Å². The number of β-lactam (4-membered cyclic amide) rings is 1. The molecule has 4 nitrogen and oxygen atoms in total. The minimum atomic E-state index is -0.131. The van der Waals surface area contributed by atoms with Gasteiger partial charge in [0.25, 0.3) is 0 Å². The quantitative estimate of drug-likeness (QED) is 0.489. The largest absolute Gasteiger partial charge is 0.508 e. The monoisotopic (exact) mass is 427 g/mol. The van der Waals surface area contributed by atoms with Gasteiger partial charge in [0.15, 0.2) is 0 Å². The molecule has 4 atom stereocenters. The van der Waals surface area contributed by atoms with Crippen LogP contribution in [0.5, 0.6) is 5.75 Å². The van der Waals surface area contributed by atoms with Crippen molar-refractivity contribution in [1.82, 2.24) is 0 Å². The Morgan fingerprint density at radius 2 is 1.62 bits per heavy atom. The fourth-order valence-corrected chi connectivity index (χ4v) is 5.11. The summed E-state index contributed by atoms with van der Waals surface area (Å²) in [6.07, 6.45) is 3.03. The first-order valence-electron chi connectivity index (χ1n) is 11.5. The van der Waals surface area contributed by atoms with E-state index in [1.165, 1.54) is 5.56 Å². The maximum atomic E-state index is 12.3. The zero-order valence-corrected chi connectivity index (χ0v) is 18.6. The van der Waals surface area contributed by atoms with E-state index in [1.54, 1.807) is 11.0 Å². The number of hydrogen-bond acceptors (Lipinski definition) is 3. The second kappa shape index (κ2) is 8.44. The van der Waals surface area contributed by atoms with Crippen LogP contribution in [-0.4, -0.2) is 17.1 Å². The van der Waals surface area contributed by atoms with Gasteiger partial charge in [-0.15, -0.1) is 0 Å². The van der Waals surface area contributed by atoms with E-state index in [9.17, 15) is 9.90 Å². The Balaban J connectivity index is 1.35. The Morgan fingerprint density at radius 3 is 2.28 bits per heavy atom. The molecular weight excluding hydrogens is 398 g/mol. The smallest absolute Gasteiger partial charge is 0.230 e. The van der Waals surface area contributed by atoms with Crippen molar-refractivity contribution in [2.24, 2.45) is 5.92 Å². The van der Waals surface area contributed by atoms with Crippen LogP contribution in [0.2, 0.25) is 0 Å². The highest BCUT2D eigenvalue weighted by molar-refractivity contribution is 6.01. The number of hydrogen-bond donors (Lipinski definition) is 1. The molecular formula is C28H29NO3. The summed E-state index contributed by atoms with van der Waals surface area (Å²) in [5.74, 6) is 0.971. The van der Waals surface area contributed by atoms with Crippen molar-refractivity contribution in [2.45, 2.75) is 51.4 Å². The van der Waals surface area contributed by atoms with Crippen molar-refractivity contribution >= 4 is 11.6 Å². The van der Waals surface area contributed by atoms with Gasteiger partial charge in [0.1, 0.15) is 5.75 Å². The van der Waals surface area contributed by atoms with Gasteiger partial charge in [0.05, 0.1) is 24.7 Å². The van der Waals surface area contributed by atoms with E-state index in [0.717, 1.165) is 35.2 Å². The van der Waals surface area contributed by atoms with E-state index < -0.39 is 0 Å². The Hall–Kier alpha value is -3.11. The minimum absolute atomic E-state index is 0.0776. The maximum absolute atomic E-state index is 12.3. The molecule has 32 heavy (non-hydrogen) atoms. The topological polar surface area (TPSA) is 49.8 Å². The molecule has 2 heterocycles. The second-order valence-electron chi connectivity index (χ2n) is 9.23. The molecule has 2 aliphatic rings. The van der Waals surface area contributed by atoms with E-state index in [0.29, 0.717) is 18.4 Å². The second-order valence-corrected chi connectivity index (χ2v) is 9.23. The van der Waals surface area contributed by atoms with Gasteiger partial charge in [-0.3, -0.25) is 4.79 Å². The van der Waals surface area contributed by atoms with Gasteiger partial charge in [-0.1, -0.05) is 61.5 Å². The zero-order valence-electron chi connectivity index (χ0n) is 18.6. The Labute approximate surface area is 189 Å². The van der Waals surface area contributed by atoms with Crippen LogP contribution >= 0.6 is 0 Å². The maximum Gasteiger partial charge on any atom is 0.230 e. The summed E-state index contributed by atoms with van der Waals surface area (Å²) in [7, 11) is 0. The molecule has 4 heteroatoms. The molecule has 0 bridgehead atoms. The summed E-state index contributed by atoms with van der Waals surface area (Å²) in [5.41, 5.74) is 4.87. The predicted octanol–water partition coefficient (Wildman–Crippen LogP) is 6.41. The van der Waals surface area contributed by atoms with Crippen LogP contribution in [0.15, 0.2) is 72.8 Å². The summed E-state index contributed by atoms with van der Waals surface area (Å²) < 4.78 is 6.15. The molecule has 0 aliphatic carbocycles. The van der Waals surface area contributed by atoms with Gasteiger partial charge in [-0.05, 0) is 60.6 Å². The third kappa shape index (κ3) is 3.91. The molecule has 5 rings (SSSR count). The number of anilines is 1. The van der Waals surface area contributed by atoms with Crippen LogP contribution in [-0.2, 0) is 9.53 Å². The molecule has 2 aliphatic heterocycles. The summed E-state index contributed by atoms with van der Waals surface area (Å²) in [6.45, 7) is 4.44. The number of phenols is 1. The van der Waals surface area contributed by atoms with Crippen molar-refractivity contribution in [1.29, 1.82) is 0 Å². The van der Waals surface area contributed by atoms with Crippen LogP contribution in [0.25, 0.3) is 11.1 Å². The molecule has 1 N–H and O–H groups in total. The van der Waals surface area contributed by atoms with E-state index in [4.69, 9.17) is 4.74 Å². The highest BCUT2D eigenvalue weighted by atomic mass is 16.5. The molecule has 164 valence electrons. The van der Waals surface area contributed by atoms with Crippen LogP contribution in [0.3, 0.4) is 0 Å². The van der Waals surface area contributed by atoms with Gasteiger partial charge >= 0.3 is 0 Å². The van der Waals surface area contributed by atoms with Gasteiger partial charge in [0, 0.05) is 11.3 Å². The minimum Gasteiger partial charge on any atom is -0.508 e. The zero-order chi connectivity index (χ0) is 22.2. The highest BCUT2D eigenvalue weighted by Crippen LogP contribution is 2.43. The van der Waals surface area contributed by atoms with Crippen LogP contribution < -0.4 is 4.90 Å². The molecule has 0 unspecified atom stereocenters. The molecule has 0 spiro atoms. The fourth-order valence-electron chi connectivity index (χ4n) is 5.11. The number of amides is 1. The lowest BCUT2D eigenvalue weighted by molar-refractivity contribution is -0.124. The number of nitrogens with zero attached hydrogens (tertiary/aromatic N) is 1. The lowest BCUT2D eigenvalue weighted by Crippen LogP contribution is -2.46. The predicted molar refractivity (Wildman–Crippen MR) is 127 cm³/mol. The average Bonchev–Trinajstić information content (AvgIpc) is 2.78. The highest BCUT2D eigenvalue weighted by Gasteiger charge is 2.39. The third-order valence-electron chi connectivity index (χ3n) is 6.74. The first kappa shape index (κ1) is 20.8. The Bertz CT molecular complexity index is 1100. The van der Waals surface area contributed by atoms with Gasteiger partial charge < -0.3 is 14.7 Å². The molecule has 0 saturated carbocycles. The summed E-state index contributed by atoms with van der Waals surface area (Å²) >= 11 is 0. The van der Waals surface area contributed by atoms with Crippen molar-refractivity contribution in [2.75, 3.05) is 4.90 Å². The van der Waals surface area contributed by atoms with Crippen LogP contribution in [0.1, 0.15) is 56.4 Å². The lowest BCUT2D eigenvalue weighted by atomic mass is 9.89. The van der Waals surface area contributed by atoms with Crippen molar-refractivity contribution in [3.05, 3.63) is 83.9 Å². The average molecular weight is 428 g/mol. The number of phenolic OH excluding ortho intramolecular Hbond substituents is 1. The number of ether oxygens (including phenoxy) is 1. The summed E-state index contributed by atoms with van der Waals surface area (Å²) in [6, 6.07) is 23.7.